The van der Waals surface area contributed by atoms with Gasteiger partial charge in [-0.3, -0.25) is 4.57 Å². The van der Waals surface area contributed by atoms with Gasteiger partial charge in [0.05, 0.1) is 26.0 Å². The fourth-order valence-electron chi connectivity index (χ4n) is 5.43. The molecule has 0 N–H and O–H groups in total. The fraction of sp³-hybridized carbons (Fsp3) is 0.235. The summed E-state index contributed by atoms with van der Waals surface area (Å²) in [6.07, 6.45) is 0.372. The zero-order valence-corrected chi connectivity index (χ0v) is 25.5. The summed E-state index contributed by atoms with van der Waals surface area (Å²) in [7, 11) is -5.37. The Bertz CT molecular complexity index is 1730. The lowest BCUT2D eigenvalue weighted by Gasteiger charge is -2.22. The van der Waals surface area contributed by atoms with Crippen molar-refractivity contribution in [3.63, 3.8) is 0 Å². The zero-order valence-electron chi connectivity index (χ0n) is 23.7. The molecule has 0 fully saturated rings. The van der Waals surface area contributed by atoms with Gasteiger partial charge in [-0.05, 0) is 86.8 Å². The third kappa shape index (κ3) is 6.51. The highest BCUT2D eigenvalue weighted by molar-refractivity contribution is 7.53. The molecular formula is C34H35O5P2+. The van der Waals surface area contributed by atoms with E-state index in [1.807, 2.05) is 57.2 Å². The van der Waals surface area contributed by atoms with Crippen molar-refractivity contribution >= 4 is 37.2 Å². The maximum absolute atomic E-state index is 13.9. The molecule has 0 aliphatic heterocycles. The maximum atomic E-state index is 13.9. The second-order valence-corrected chi connectivity index (χ2v) is 13.0. The molecule has 5 aromatic rings. The highest BCUT2D eigenvalue weighted by atomic mass is 31.2. The van der Waals surface area contributed by atoms with E-state index < -0.39 is 15.6 Å². The van der Waals surface area contributed by atoms with Gasteiger partial charge < -0.3 is 9.05 Å². The van der Waals surface area contributed by atoms with Gasteiger partial charge in [0.15, 0.2) is 0 Å². The third-order valence-electron chi connectivity index (χ3n) is 7.08. The molecule has 5 aromatic carbocycles. The Morgan fingerprint density at radius 1 is 0.610 bits per heavy atom. The molecule has 0 aliphatic carbocycles. The topological polar surface area (TPSA) is 61.8 Å². The van der Waals surface area contributed by atoms with Crippen molar-refractivity contribution in [3.8, 4) is 22.3 Å². The van der Waals surface area contributed by atoms with Crippen molar-refractivity contribution in [1.29, 1.82) is 0 Å². The molecule has 0 heterocycles. The maximum Gasteiger partial charge on any atom is 0.512 e. The minimum absolute atomic E-state index is 0.114. The molecule has 0 amide bonds. The summed E-state index contributed by atoms with van der Waals surface area (Å²) in [4.78, 5) is 0. The Morgan fingerprint density at radius 2 is 1.10 bits per heavy atom. The van der Waals surface area contributed by atoms with Crippen molar-refractivity contribution in [2.24, 2.45) is 0 Å². The molecule has 41 heavy (non-hydrogen) atoms. The summed E-state index contributed by atoms with van der Waals surface area (Å²) in [6, 6.07) is 33.0. The van der Waals surface area contributed by atoms with Crippen LogP contribution in [-0.2, 0) is 35.0 Å². The lowest BCUT2D eigenvalue weighted by molar-refractivity contribution is 0.219. The molecule has 0 aromatic heterocycles. The van der Waals surface area contributed by atoms with E-state index in [-0.39, 0.29) is 25.5 Å². The van der Waals surface area contributed by atoms with E-state index in [0.717, 1.165) is 54.9 Å². The smallest absolute Gasteiger partial charge is 0.309 e. The largest absolute Gasteiger partial charge is 0.512 e. The Balaban J connectivity index is 1.82. The molecule has 5 nitrogen and oxygen atoms in total. The van der Waals surface area contributed by atoms with Crippen LogP contribution in [0.25, 0.3) is 43.8 Å². The monoisotopic (exact) mass is 585 g/mol. The Hall–Kier alpha value is -3.17. The highest BCUT2D eigenvalue weighted by Crippen LogP contribution is 2.54. The molecule has 0 spiro atoms. The second-order valence-electron chi connectivity index (χ2n) is 9.73. The van der Waals surface area contributed by atoms with Crippen LogP contribution >= 0.6 is 15.6 Å². The molecule has 0 saturated carbocycles. The number of hydrogen-bond donors (Lipinski definition) is 0. The van der Waals surface area contributed by atoms with Crippen LogP contribution in [-0.4, -0.2) is 19.8 Å². The SMILES string of the molecule is CCO[P+](=O)Cc1cc(-c2cccc3ccccc23)c(CP(=O)(OCC)OCC)cc1-c1cccc2ccccc12. The highest BCUT2D eigenvalue weighted by Gasteiger charge is 2.29. The second kappa shape index (κ2) is 13.2. The molecule has 5 rings (SSSR count). The molecular weight excluding hydrogens is 550 g/mol. The van der Waals surface area contributed by atoms with Crippen LogP contribution < -0.4 is 0 Å². The Labute approximate surface area is 242 Å². The van der Waals surface area contributed by atoms with E-state index in [9.17, 15) is 9.13 Å². The average molecular weight is 586 g/mol. The molecule has 0 saturated heterocycles. The molecule has 0 radical (unpaired) electrons. The summed E-state index contributed by atoms with van der Waals surface area (Å²) >= 11 is 0. The molecule has 210 valence electrons. The minimum Gasteiger partial charge on any atom is -0.309 e. The quantitative estimate of drug-likeness (QED) is 0.136. The van der Waals surface area contributed by atoms with Gasteiger partial charge in [-0.25, -0.2) is 0 Å². The van der Waals surface area contributed by atoms with Crippen LogP contribution in [0.3, 0.4) is 0 Å². The van der Waals surface area contributed by atoms with Gasteiger partial charge in [-0.2, -0.15) is 0 Å². The van der Waals surface area contributed by atoms with Crippen molar-refractivity contribution in [1.82, 2.24) is 0 Å². The number of hydrogen-bond acceptors (Lipinski definition) is 5. The normalized spacial score (nSPS) is 12.2. The van der Waals surface area contributed by atoms with Crippen LogP contribution in [0.15, 0.2) is 97.1 Å². The van der Waals surface area contributed by atoms with Crippen LogP contribution in [0.2, 0.25) is 0 Å². The summed E-state index contributed by atoms with van der Waals surface area (Å²) < 4.78 is 44.0. The van der Waals surface area contributed by atoms with Crippen molar-refractivity contribution < 1.29 is 22.7 Å². The van der Waals surface area contributed by atoms with Gasteiger partial charge in [0.2, 0.25) is 6.16 Å². The predicted molar refractivity (Wildman–Crippen MR) is 170 cm³/mol. The lowest BCUT2D eigenvalue weighted by atomic mass is 9.88. The molecule has 7 heteroatoms. The zero-order chi connectivity index (χ0) is 28.8. The molecule has 1 atom stereocenters. The van der Waals surface area contributed by atoms with E-state index in [1.165, 1.54) is 0 Å². The Morgan fingerprint density at radius 3 is 1.63 bits per heavy atom. The first-order chi connectivity index (χ1) is 20.0. The van der Waals surface area contributed by atoms with E-state index in [4.69, 9.17) is 13.6 Å². The lowest BCUT2D eigenvalue weighted by Crippen LogP contribution is -2.03. The van der Waals surface area contributed by atoms with Gasteiger partial charge in [0.25, 0.3) is 0 Å². The van der Waals surface area contributed by atoms with Crippen molar-refractivity contribution in [2.45, 2.75) is 33.1 Å². The third-order valence-corrected chi connectivity index (χ3v) is 10.3. The first kappa shape index (κ1) is 29.3. The summed E-state index contributed by atoms with van der Waals surface area (Å²) in [5.74, 6) is 0. The first-order valence-electron chi connectivity index (χ1n) is 14.0. The van der Waals surface area contributed by atoms with Crippen molar-refractivity contribution in [3.05, 3.63) is 108 Å². The van der Waals surface area contributed by atoms with Crippen LogP contribution in [0, 0.1) is 0 Å². The Kier molecular flexibility index (Phi) is 9.45. The summed E-state index contributed by atoms with van der Waals surface area (Å²) in [6.45, 7) is 6.44. The van der Waals surface area contributed by atoms with E-state index in [2.05, 4.69) is 60.7 Å². The predicted octanol–water partition coefficient (Wildman–Crippen LogP) is 10.4. The van der Waals surface area contributed by atoms with E-state index in [1.54, 1.807) is 0 Å². The van der Waals surface area contributed by atoms with Gasteiger partial charge in [0, 0.05) is 5.56 Å². The minimum atomic E-state index is -3.44. The first-order valence-corrected chi connectivity index (χ1v) is 17.1. The van der Waals surface area contributed by atoms with Gasteiger partial charge in [0.1, 0.15) is 0 Å². The summed E-state index contributed by atoms with van der Waals surface area (Å²) in [5, 5.41) is 4.38. The molecule has 1 unspecified atom stereocenters. The molecule has 0 aliphatic rings. The van der Waals surface area contributed by atoms with Gasteiger partial charge in [-0.15, -0.1) is 4.52 Å². The molecule has 0 bridgehead atoms. The standard InChI is InChI=1S/C34H35O5P2/c1-4-37-40(35)23-27-21-34(32-20-12-16-26-14-8-10-18-30(26)32)28(24-41(36,38-5-2)39-6-3)22-33(27)31-19-11-15-25-13-7-9-17-29(25)31/h7-22H,4-6,23-24H2,1-3H3/q+1. The van der Waals surface area contributed by atoms with Crippen LogP contribution in [0.5, 0.6) is 0 Å². The van der Waals surface area contributed by atoms with E-state index >= 15 is 0 Å². The number of benzene rings is 5. The van der Waals surface area contributed by atoms with Gasteiger partial charge >= 0.3 is 15.6 Å². The van der Waals surface area contributed by atoms with Crippen LogP contribution in [0.4, 0.5) is 0 Å². The number of rotatable bonds is 12. The fourth-order valence-corrected chi connectivity index (χ4v) is 8.07. The van der Waals surface area contributed by atoms with Crippen molar-refractivity contribution in [2.75, 3.05) is 19.8 Å². The van der Waals surface area contributed by atoms with Crippen LogP contribution in [0.1, 0.15) is 31.9 Å². The average Bonchev–Trinajstić information content (AvgIpc) is 2.97. The van der Waals surface area contributed by atoms with Gasteiger partial charge in [-0.1, -0.05) is 84.9 Å². The van der Waals surface area contributed by atoms with E-state index in [0.29, 0.717) is 6.61 Å². The summed E-state index contributed by atoms with van der Waals surface area (Å²) in [5.41, 5.74) is 5.64. The number of fused-ring (bicyclic) bond motifs is 2.